The second-order valence-electron chi connectivity index (χ2n) is 10.2. The summed E-state index contributed by atoms with van der Waals surface area (Å²) >= 11 is 6.19. The molecule has 0 atom stereocenters. The number of piperazine rings is 1. The SMILES string of the molecule is CCN1CCN(c2c(CN(CC(C)C)C(=O)C(C)(C)CCl)c(C)nn2-c2ccccc2)CC1. The first kappa shape index (κ1) is 25.6. The minimum Gasteiger partial charge on any atom is -0.354 e. The molecule has 3 rings (SSSR count). The topological polar surface area (TPSA) is 44.6 Å². The van der Waals surface area contributed by atoms with E-state index in [9.17, 15) is 4.79 Å². The number of hydrogen-bond donors (Lipinski definition) is 0. The maximum Gasteiger partial charge on any atom is 0.229 e. The maximum absolute atomic E-state index is 13.5. The van der Waals surface area contributed by atoms with Crippen molar-refractivity contribution in [1.82, 2.24) is 19.6 Å². The van der Waals surface area contributed by atoms with Gasteiger partial charge in [0.05, 0.1) is 23.3 Å². The highest BCUT2D eigenvalue weighted by molar-refractivity contribution is 6.19. The van der Waals surface area contributed by atoms with Crippen LogP contribution in [0.5, 0.6) is 0 Å². The molecule has 1 aliphatic heterocycles. The summed E-state index contributed by atoms with van der Waals surface area (Å²) in [5.74, 6) is 1.87. The van der Waals surface area contributed by atoms with Gasteiger partial charge < -0.3 is 14.7 Å². The Kier molecular flexibility index (Phi) is 8.46. The Hall–Kier alpha value is -2.05. The zero-order chi connectivity index (χ0) is 24.2. The van der Waals surface area contributed by atoms with Gasteiger partial charge >= 0.3 is 0 Å². The predicted molar refractivity (Wildman–Crippen MR) is 137 cm³/mol. The van der Waals surface area contributed by atoms with E-state index in [2.05, 4.69) is 54.3 Å². The molecule has 2 aromatic rings. The lowest BCUT2D eigenvalue weighted by molar-refractivity contribution is -0.140. The molecule has 6 nitrogen and oxygen atoms in total. The number of rotatable bonds is 9. The van der Waals surface area contributed by atoms with Gasteiger partial charge in [-0.15, -0.1) is 11.6 Å². The third-order valence-electron chi connectivity index (χ3n) is 6.41. The van der Waals surface area contributed by atoms with Crippen LogP contribution in [0.25, 0.3) is 5.69 Å². The van der Waals surface area contributed by atoms with Crippen molar-refractivity contribution in [3.63, 3.8) is 0 Å². The van der Waals surface area contributed by atoms with E-state index >= 15 is 0 Å². The molecule has 1 fully saturated rings. The van der Waals surface area contributed by atoms with Crippen molar-refractivity contribution >= 4 is 23.3 Å². The molecule has 0 aliphatic carbocycles. The molecule has 1 aliphatic rings. The second-order valence-corrected chi connectivity index (χ2v) is 10.4. The first-order chi connectivity index (χ1) is 15.7. The molecule has 0 radical (unpaired) electrons. The number of aryl methyl sites for hydroxylation is 1. The van der Waals surface area contributed by atoms with Crippen LogP contribution in [0.3, 0.4) is 0 Å². The van der Waals surface area contributed by atoms with Gasteiger partial charge in [-0.3, -0.25) is 4.79 Å². The van der Waals surface area contributed by atoms with Crippen LogP contribution in [0, 0.1) is 18.3 Å². The molecule has 2 heterocycles. The van der Waals surface area contributed by atoms with Gasteiger partial charge in [0, 0.05) is 44.2 Å². The largest absolute Gasteiger partial charge is 0.354 e. The van der Waals surface area contributed by atoms with Gasteiger partial charge in [0.2, 0.25) is 5.91 Å². The number of alkyl halides is 1. The van der Waals surface area contributed by atoms with Gasteiger partial charge in [0.15, 0.2) is 0 Å². The van der Waals surface area contributed by atoms with Crippen LogP contribution >= 0.6 is 11.6 Å². The van der Waals surface area contributed by atoms with Crippen molar-refractivity contribution in [3.8, 4) is 5.69 Å². The summed E-state index contributed by atoms with van der Waals surface area (Å²) in [5, 5.41) is 4.97. The predicted octanol–water partition coefficient (Wildman–Crippen LogP) is 4.57. The number of carbonyl (C=O) groups excluding carboxylic acids is 1. The molecule has 0 N–H and O–H groups in total. The smallest absolute Gasteiger partial charge is 0.229 e. The first-order valence-electron chi connectivity index (χ1n) is 12.1. The monoisotopic (exact) mass is 473 g/mol. The molecule has 7 heteroatoms. The summed E-state index contributed by atoms with van der Waals surface area (Å²) in [7, 11) is 0. The van der Waals surface area contributed by atoms with Crippen LogP contribution in [0.4, 0.5) is 5.82 Å². The van der Waals surface area contributed by atoms with E-state index in [1.54, 1.807) is 0 Å². The average Bonchev–Trinajstić information content (AvgIpc) is 3.14. The van der Waals surface area contributed by atoms with Crippen molar-refractivity contribution in [2.24, 2.45) is 11.3 Å². The Morgan fingerprint density at radius 1 is 1.15 bits per heavy atom. The molecule has 33 heavy (non-hydrogen) atoms. The van der Waals surface area contributed by atoms with Gasteiger partial charge in [-0.05, 0) is 45.4 Å². The third-order valence-corrected chi connectivity index (χ3v) is 7.08. The number of hydrogen-bond acceptors (Lipinski definition) is 4. The Bertz CT molecular complexity index is 916. The van der Waals surface area contributed by atoms with Crippen molar-refractivity contribution in [2.75, 3.05) is 50.0 Å². The third kappa shape index (κ3) is 5.90. The minimum atomic E-state index is -0.604. The van der Waals surface area contributed by atoms with Crippen molar-refractivity contribution in [2.45, 2.75) is 48.1 Å². The quantitative estimate of drug-likeness (QED) is 0.500. The van der Waals surface area contributed by atoms with Crippen LogP contribution in [0.15, 0.2) is 30.3 Å². The highest BCUT2D eigenvalue weighted by Crippen LogP contribution is 2.31. The lowest BCUT2D eigenvalue weighted by Gasteiger charge is -2.37. The molecule has 0 spiro atoms. The number of halogens is 1. The molecule has 182 valence electrons. The number of benzene rings is 1. The van der Waals surface area contributed by atoms with E-state index in [0.717, 1.165) is 55.5 Å². The fraction of sp³-hybridized carbons (Fsp3) is 0.615. The molecule has 0 saturated carbocycles. The van der Waals surface area contributed by atoms with Crippen LogP contribution in [-0.2, 0) is 11.3 Å². The van der Waals surface area contributed by atoms with Gasteiger partial charge in [0.1, 0.15) is 5.82 Å². The van der Waals surface area contributed by atoms with E-state index < -0.39 is 5.41 Å². The number of amides is 1. The highest BCUT2D eigenvalue weighted by atomic mass is 35.5. The molecule has 1 aromatic carbocycles. The van der Waals surface area contributed by atoms with Crippen LogP contribution < -0.4 is 4.90 Å². The number of para-hydroxylation sites is 1. The zero-order valence-corrected chi connectivity index (χ0v) is 21.9. The second kappa shape index (κ2) is 10.9. The number of aromatic nitrogens is 2. The van der Waals surface area contributed by atoms with E-state index in [4.69, 9.17) is 16.7 Å². The normalized spacial score (nSPS) is 15.3. The van der Waals surface area contributed by atoms with E-state index in [0.29, 0.717) is 24.9 Å². The van der Waals surface area contributed by atoms with Crippen LogP contribution in [-0.4, -0.2) is 70.6 Å². The van der Waals surface area contributed by atoms with Crippen LogP contribution in [0.2, 0.25) is 0 Å². The maximum atomic E-state index is 13.5. The van der Waals surface area contributed by atoms with Gasteiger partial charge in [-0.25, -0.2) is 4.68 Å². The van der Waals surface area contributed by atoms with Crippen molar-refractivity contribution < 1.29 is 4.79 Å². The van der Waals surface area contributed by atoms with Gasteiger partial charge in [-0.1, -0.05) is 39.0 Å². The Morgan fingerprint density at radius 2 is 1.79 bits per heavy atom. The number of anilines is 1. The van der Waals surface area contributed by atoms with E-state index in [-0.39, 0.29) is 5.91 Å². The lowest BCUT2D eigenvalue weighted by Crippen LogP contribution is -2.47. The molecule has 1 aromatic heterocycles. The van der Waals surface area contributed by atoms with E-state index in [1.165, 1.54) is 0 Å². The fourth-order valence-corrected chi connectivity index (χ4v) is 4.53. The average molecular weight is 474 g/mol. The number of likely N-dealkylation sites (N-methyl/N-ethyl adjacent to an activating group) is 1. The Labute approximate surface area is 204 Å². The Balaban J connectivity index is 2.04. The summed E-state index contributed by atoms with van der Waals surface area (Å²) in [4.78, 5) is 20.4. The number of nitrogens with zero attached hydrogens (tertiary/aromatic N) is 5. The molecule has 1 amide bonds. The highest BCUT2D eigenvalue weighted by Gasteiger charge is 2.34. The summed E-state index contributed by atoms with van der Waals surface area (Å²) in [6.45, 7) is 18.7. The molecular weight excluding hydrogens is 434 g/mol. The standard InChI is InChI=1S/C26H40ClN5O/c1-7-29-13-15-30(16-14-29)24-23(21(4)28-32(24)22-11-9-8-10-12-22)18-31(17-20(2)3)25(33)26(5,6)19-27/h8-12,20H,7,13-19H2,1-6H3. The molecular formula is C26H40ClN5O. The molecule has 1 saturated heterocycles. The summed E-state index contributed by atoms with van der Waals surface area (Å²) in [6.07, 6.45) is 0. The Morgan fingerprint density at radius 3 is 2.33 bits per heavy atom. The summed E-state index contributed by atoms with van der Waals surface area (Å²) in [5.41, 5.74) is 2.54. The van der Waals surface area contributed by atoms with Gasteiger partial charge in [0.25, 0.3) is 0 Å². The van der Waals surface area contributed by atoms with Crippen molar-refractivity contribution in [1.29, 1.82) is 0 Å². The summed E-state index contributed by atoms with van der Waals surface area (Å²) < 4.78 is 2.07. The minimum absolute atomic E-state index is 0.0970. The zero-order valence-electron chi connectivity index (χ0n) is 21.1. The van der Waals surface area contributed by atoms with Crippen LogP contribution in [0.1, 0.15) is 45.9 Å². The molecule has 0 unspecified atom stereocenters. The summed E-state index contributed by atoms with van der Waals surface area (Å²) in [6, 6.07) is 10.3. The first-order valence-corrected chi connectivity index (χ1v) is 12.7. The number of carbonyl (C=O) groups is 1. The lowest BCUT2D eigenvalue weighted by atomic mass is 9.93. The van der Waals surface area contributed by atoms with Gasteiger partial charge in [-0.2, -0.15) is 5.10 Å². The fourth-order valence-electron chi connectivity index (χ4n) is 4.42. The van der Waals surface area contributed by atoms with E-state index in [1.807, 2.05) is 36.9 Å². The molecule has 0 bridgehead atoms. The van der Waals surface area contributed by atoms with Crippen molar-refractivity contribution in [3.05, 3.63) is 41.6 Å².